The molecule has 0 atom stereocenters. The van der Waals surface area contributed by atoms with Crippen LogP contribution in [0.1, 0.15) is 11.1 Å². The van der Waals surface area contributed by atoms with Gasteiger partial charge in [0, 0.05) is 34.1 Å². The molecule has 2 aromatic carbocycles. The van der Waals surface area contributed by atoms with Gasteiger partial charge in [-0.15, -0.1) is 0 Å². The van der Waals surface area contributed by atoms with Crippen LogP contribution in [0.25, 0.3) is 6.08 Å². The number of benzene rings is 2. The van der Waals surface area contributed by atoms with Gasteiger partial charge in [-0.05, 0) is 42.5 Å². The predicted octanol–water partition coefficient (Wildman–Crippen LogP) is 5.52. The first-order chi connectivity index (χ1) is 15.0. The molecule has 0 aliphatic carbocycles. The van der Waals surface area contributed by atoms with Crippen molar-refractivity contribution in [2.24, 2.45) is 0 Å². The van der Waals surface area contributed by atoms with E-state index in [1.54, 1.807) is 42.7 Å². The summed E-state index contributed by atoms with van der Waals surface area (Å²) in [5.74, 6) is -2.62. The van der Waals surface area contributed by atoms with E-state index >= 15 is 0 Å². The lowest BCUT2D eigenvalue weighted by molar-refractivity contribution is -0.112. The normalized spacial score (nSPS) is 11.1. The fourth-order valence-electron chi connectivity index (χ4n) is 2.60. The number of nitriles is 1. The van der Waals surface area contributed by atoms with Gasteiger partial charge in [-0.1, -0.05) is 36.0 Å². The molecule has 1 heterocycles. The number of pyridine rings is 1. The van der Waals surface area contributed by atoms with Gasteiger partial charge < -0.3 is 10.1 Å². The molecular formula is C23H17F2N3O2S. The van der Waals surface area contributed by atoms with E-state index in [0.717, 1.165) is 5.56 Å². The highest BCUT2D eigenvalue weighted by Crippen LogP contribution is 2.26. The van der Waals surface area contributed by atoms with Crippen molar-refractivity contribution in [1.82, 2.24) is 4.98 Å². The van der Waals surface area contributed by atoms with Crippen molar-refractivity contribution in [2.45, 2.75) is 17.3 Å². The number of aromatic nitrogens is 1. The minimum Gasteiger partial charge on any atom is -0.488 e. The molecule has 31 heavy (non-hydrogen) atoms. The molecule has 3 rings (SSSR count). The maximum absolute atomic E-state index is 12.5. The summed E-state index contributed by atoms with van der Waals surface area (Å²) < 4.78 is 30.6. The molecule has 0 aliphatic heterocycles. The number of anilines is 1. The first-order valence-corrected chi connectivity index (χ1v) is 10.0. The Labute approximate surface area is 182 Å². The van der Waals surface area contributed by atoms with Crippen molar-refractivity contribution in [1.29, 1.82) is 5.26 Å². The van der Waals surface area contributed by atoms with Gasteiger partial charge in [-0.25, -0.2) is 0 Å². The van der Waals surface area contributed by atoms with E-state index in [4.69, 9.17) is 4.74 Å². The molecule has 1 N–H and O–H groups in total. The molecule has 0 aliphatic rings. The highest BCUT2D eigenvalue weighted by atomic mass is 32.2. The third kappa shape index (κ3) is 6.66. The number of carbonyl (C=O) groups excluding carboxylic acids is 1. The number of para-hydroxylation sites is 1. The smallest absolute Gasteiger partial charge is 0.288 e. The van der Waals surface area contributed by atoms with Crippen molar-refractivity contribution in [3.8, 4) is 11.8 Å². The summed E-state index contributed by atoms with van der Waals surface area (Å²) in [7, 11) is 0. The molecule has 156 valence electrons. The number of halogens is 2. The highest BCUT2D eigenvalue weighted by molar-refractivity contribution is 7.99. The number of rotatable bonds is 8. The van der Waals surface area contributed by atoms with Crippen LogP contribution >= 0.6 is 11.8 Å². The summed E-state index contributed by atoms with van der Waals surface area (Å²) >= 11 is 0.416. The SMILES string of the molecule is N#C/C(=C\c1ccccc1OCc1cccnc1)C(=O)Nc1ccc(SC(F)F)cc1. The Kier molecular flexibility index (Phi) is 7.73. The number of hydrogen-bond acceptors (Lipinski definition) is 5. The van der Waals surface area contributed by atoms with Gasteiger partial charge in [-0.3, -0.25) is 9.78 Å². The standard InChI is InChI=1S/C23H17F2N3O2S/c24-23(25)31-20-9-7-19(8-10-20)28-22(29)18(13-26)12-17-5-1-2-6-21(17)30-15-16-4-3-11-27-14-16/h1-12,14,23H,15H2,(H,28,29)/b18-12+. The minimum atomic E-state index is -2.52. The summed E-state index contributed by atoms with van der Waals surface area (Å²) in [6.45, 7) is 0.287. The van der Waals surface area contributed by atoms with E-state index in [2.05, 4.69) is 10.3 Å². The first-order valence-electron chi connectivity index (χ1n) is 9.14. The zero-order chi connectivity index (χ0) is 22.1. The summed E-state index contributed by atoms with van der Waals surface area (Å²) in [4.78, 5) is 16.9. The van der Waals surface area contributed by atoms with E-state index in [1.165, 1.54) is 30.3 Å². The van der Waals surface area contributed by atoms with Crippen LogP contribution in [0.2, 0.25) is 0 Å². The van der Waals surface area contributed by atoms with Crippen LogP contribution in [-0.4, -0.2) is 16.6 Å². The van der Waals surface area contributed by atoms with Gasteiger partial charge in [0.25, 0.3) is 11.7 Å². The molecule has 1 aromatic heterocycles. The number of alkyl halides is 2. The molecular weight excluding hydrogens is 420 g/mol. The largest absolute Gasteiger partial charge is 0.488 e. The summed E-state index contributed by atoms with van der Waals surface area (Å²) in [6, 6.07) is 18.6. The van der Waals surface area contributed by atoms with Crippen LogP contribution in [0.15, 0.2) is 83.5 Å². The number of hydrogen-bond donors (Lipinski definition) is 1. The van der Waals surface area contributed by atoms with Gasteiger partial charge in [0.2, 0.25) is 0 Å². The van der Waals surface area contributed by atoms with Crippen LogP contribution in [-0.2, 0) is 11.4 Å². The monoisotopic (exact) mass is 437 g/mol. The van der Waals surface area contributed by atoms with Crippen molar-refractivity contribution in [3.63, 3.8) is 0 Å². The van der Waals surface area contributed by atoms with E-state index < -0.39 is 11.7 Å². The van der Waals surface area contributed by atoms with Crippen molar-refractivity contribution < 1.29 is 18.3 Å². The zero-order valence-electron chi connectivity index (χ0n) is 16.2. The van der Waals surface area contributed by atoms with E-state index in [1.807, 2.05) is 12.1 Å². The molecule has 0 spiro atoms. The molecule has 0 fully saturated rings. The molecule has 1 amide bonds. The second kappa shape index (κ2) is 10.9. The van der Waals surface area contributed by atoms with Gasteiger partial charge in [0.1, 0.15) is 24.0 Å². The summed E-state index contributed by atoms with van der Waals surface area (Å²) in [5, 5.41) is 12.1. The fourth-order valence-corrected chi connectivity index (χ4v) is 3.10. The van der Waals surface area contributed by atoms with Crippen molar-refractivity contribution >= 4 is 29.4 Å². The molecule has 3 aromatic rings. The van der Waals surface area contributed by atoms with Gasteiger partial charge in [-0.2, -0.15) is 14.0 Å². The number of nitrogens with zero attached hydrogens (tertiary/aromatic N) is 2. The zero-order valence-corrected chi connectivity index (χ0v) is 17.0. The first kappa shape index (κ1) is 22.0. The average Bonchev–Trinajstić information content (AvgIpc) is 2.78. The molecule has 0 bridgehead atoms. The maximum Gasteiger partial charge on any atom is 0.288 e. The lowest BCUT2D eigenvalue weighted by atomic mass is 10.1. The molecule has 0 saturated heterocycles. The minimum absolute atomic E-state index is 0.122. The van der Waals surface area contributed by atoms with Gasteiger partial charge in [0.15, 0.2) is 0 Å². The number of carbonyl (C=O) groups is 1. The highest BCUT2D eigenvalue weighted by Gasteiger charge is 2.12. The Morgan fingerprint density at radius 1 is 1.16 bits per heavy atom. The number of thioether (sulfide) groups is 1. The molecule has 0 radical (unpaired) electrons. The van der Waals surface area contributed by atoms with Crippen molar-refractivity contribution in [2.75, 3.05) is 5.32 Å². The Balaban J connectivity index is 1.72. The van der Waals surface area contributed by atoms with Crippen LogP contribution in [0.5, 0.6) is 5.75 Å². The van der Waals surface area contributed by atoms with E-state index in [0.29, 0.717) is 33.7 Å². The third-order valence-electron chi connectivity index (χ3n) is 4.04. The van der Waals surface area contributed by atoms with Crippen LogP contribution < -0.4 is 10.1 Å². The van der Waals surface area contributed by atoms with Gasteiger partial charge in [0.05, 0.1) is 0 Å². The van der Waals surface area contributed by atoms with Crippen LogP contribution in [0.4, 0.5) is 14.5 Å². The Morgan fingerprint density at radius 2 is 1.94 bits per heavy atom. The molecule has 8 heteroatoms. The Morgan fingerprint density at radius 3 is 2.61 bits per heavy atom. The van der Waals surface area contributed by atoms with Gasteiger partial charge >= 0.3 is 0 Å². The maximum atomic E-state index is 12.5. The van der Waals surface area contributed by atoms with Crippen LogP contribution in [0, 0.1) is 11.3 Å². The third-order valence-corrected chi connectivity index (χ3v) is 4.76. The van der Waals surface area contributed by atoms with E-state index in [-0.39, 0.29) is 12.2 Å². The summed E-state index contributed by atoms with van der Waals surface area (Å²) in [5.41, 5.74) is 1.73. The lowest BCUT2D eigenvalue weighted by Gasteiger charge is -2.10. The topological polar surface area (TPSA) is 75.0 Å². The molecule has 5 nitrogen and oxygen atoms in total. The van der Waals surface area contributed by atoms with Crippen LogP contribution in [0.3, 0.4) is 0 Å². The lowest BCUT2D eigenvalue weighted by Crippen LogP contribution is -2.13. The van der Waals surface area contributed by atoms with Crippen molar-refractivity contribution in [3.05, 3.63) is 89.8 Å². The number of ether oxygens (including phenoxy) is 1. The Bertz CT molecular complexity index is 1100. The second-order valence-electron chi connectivity index (χ2n) is 6.21. The van der Waals surface area contributed by atoms with E-state index in [9.17, 15) is 18.8 Å². The summed E-state index contributed by atoms with van der Waals surface area (Å²) in [6.07, 6.45) is 4.80. The fraction of sp³-hybridized carbons (Fsp3) is 0.0870. The molecule has 0 saturated carbocycles. The molecule has 0 unspecified atom stereocenters. The Hall–Kier alpha value is -3.70. The number of nitrogens with one attached hydrogen (secondary N) is 1. The average molecular weight is 437 g/mol. The number of amides is 1. The second-order valence-corrected chi connectivity index (χ2v) is 7.28. The predicted molar refractivity (Wildman–Crippen MR) is 116 cm³/mol. The quantitative estimate of drug-likeness (QED) is 0.285.